The Kier molecular flexibility index (Phi) is 5.81. The largest absolute Gasteiger partial charge is 0.480 e. The molecule has 2 aromatic carbocycles. The number of nitrogens with zero attached hydrogens (tertiary/aromatic N) is 2. The molecule has 1 fully saturated rings. The van der Waals surface area contributed by atoms with Gasteiger partial charge in [0.15, 0.2) is 0 Å². The van der Waals surface area contributed by atoms with Gasteiger partial charge in [-0.25, -0.2) is 9.59 Å². The van der Waals surface area contributed by atoms with E-state index in [2.05, 4.69) is 5.32 Å². The van der Waals surface area contributed by atoms with Crippen LogP contribution in [0.15, 0.2) is 48.5 Å². The van der Waals surface area contributed by atoms with Crippen molar-refractivity contribution in [2.45, 2.75) is 12.0 Å². The number of hydrogen-bond acceptors (Lipinski definition) is 5. The standard InChI is InChI=1S/C23H23N3O6/c1-25-11-19(22(29)30)26(12-21(25)28)20(27)10-24-23(31)32-13-18-16-8-4-2-6-14(16)15-7-3-5-9-17(15)18/h2-9,18-19H,10-13H2,1H3,(H,24,31)(H,29,30). The number of carboxylic acid groups (broad SMARTS) is 1. The van der Waals surface area contributed by atoms with Gasteiger partial charge < -0.3 is 25.0 Å². The zero-order valence-electron chi connectivity index (χ0n) is 17.5. The second-order valence-corrected chi connectivity index (χ2v) is 7.83. The number of ether oxygens (including phenoxy) is 1. The summed E-state index contributed by atoms with van der Waals surface area (Å²) in [5.74, 6) is -2.35. The Labute approximate surface area is 184 Å². The number of alkyl carbamates (subject to hydrolysis) is 1. The lowest BCUT2D eigenvalue weighted by atomic mass is 9.98. The normalized spacial score (nSPS) is 17.5. The summed E-state index contributed by atoms with van der Waals surface area (Å²) in [6.07, 6.45) is -0.785. The predicted octanol–water partition coefficient (Wildman–Crippen LogP) is 1.28. The van der Waals surface area contributed by atoms with Gasteiger partial charge in [0.25, 0.3) is 0 Å². The van der Waals surface area contributed by atoms with Crippen molar-refractivity contribution in [1.29, 1.82) is 0 Å². The summed E-state index contributed by atoms with van der Waals surface area (Å²) >= 11 is 0. The second-order valence-electron chi connectivity index (χ2n) is 7.83. The molecule has 1 atom stereocenters. The van der Waals surface area contributed by atoms with Gasteiger partial charge in [0.05, 0.1) is 6.54 Å². The molecule has 9 nitrogen and oxygen atoms in total. The second kappa shape index (κ2) is 8.70. The SMILES string of the molecule is CN1CC(C(=O)O)N(C(=O)CNC(=O)OCC2c3ccccc3-c3ccccc32)CC1=O. The van der Waals surface area contributed by atoms with Gasteiger partial charge in [-0.3, -0.25) is 9.59 Å². The van der Waals surface area contributed by atoms with E-state index in [1.807, 2.05) is 48.5 Å². The molecule has 1 unspecified atom stereocenters. The van der Waals surface area contributed by atoms with Crippen molar-refractivity contribution in [3.8, 4) is 11.1 Å². The molecule has 1 heterocycles. The third-order valence-electron chi connectivity index (χ3n) is 5.89. The average molecular weight is 437 g/mol. The van der Waals surface area contributed by atoms with Crippen LogP contribution in [-0.4, -0.2) is 78.1 Å². The quantitative estimate of drug-likeness (QED) is 0.728. The van der Waals surface area contributed by atoms with Gasteiger partial charge in [-0.05, 0) is 22.3 Å². The first-order chi connectivity index (χ1) is 15.4. The Morgan fingerprint density at radius 1 is 1.06 bits per heavy atom. The highest BCUT2D eigenvalue weighted by molar-refractivity contribution is 5.92. The smallest absolute Gasteiger partial charge is 0.407 e. The highest BCUT2D eigenvalue weighted by Gasteiger charge is 2.37. The number of carboxylic acids is 1. The maximum absolute atomic E-state index is 12.5. The van der Waals surface area contributed by atoms with Crippen molar-refractivity contribution in [3.05, 3.63) is 59.7 Å². The molecule has 2 aliphatic rings. The average Bonchev–Trinajstić information content (AvgIpc) is 3.11. The minimum atomic E-state index is -1.21. The molecule has 2 N–H and O–H groups in total. The molecule has 4 rings (SSSR count). The van der Waals surface area contributed by atoms with Crippen molar-refractivity contribution in [2.24, 2.45) is 0 Å². The summed E-state index contributed by atoms with van der Waals surface area (Å²) in [6, 6.07) is 14.7. The summed E-state index contributed by atoms with van der Waals surface area (Å²) in [7, 11) is 1.48. The minimum Gasteiger partial charge on any atom is -0.480 e. The van der Waals surface area contributed by atoms with E-state index >= 15 is 0 Å². The Bertz CT molecular complexity index is 1040. The molecule has 166 valence electrons. The highest BCUT2D eigenvalue weighted by Crippen LogP contribution is 2.44. The van der Waals surface area contributed by atoms with Crippen LogP contribution in [0.25, 0.3) is 11.1 Å². The van der Waals surface area contributed by atoms with E-state index in [9.17, 15) is 24.3 Å². The molecule has 1 saturated heterocycles. The molecule has 0 saturated carbocycles. The van der Waals surface area contributed by atoms with Crippen LogP contribution in [0.1, 0.15) is 17.0 Å². The molecule has 2 aromatic rings. The number of rotatable bonds is 5. The maximum atomic E-state index is 12.5. The summed E-state index contributed by atoms with van der Waals surface area (Å²) < 4.78 is 5.38. The van der Waals surface area contributed by atoms with Crippen LogP contribution in [0.5, 0.6) is 0 Å². The van der Waals surface area contributed by atoms with Gasteiger partial charge in [-0.15, -0.1) is 0 Å². The molecule has 0 radical (unpaired) electrons. The van der Waals surface area contributed by atoms with Gasteiger partial charge in [0.2, 0.25) is 11.8 Å². The monoisotopic (exact) mass is 437 g/mol. The minimum absolute atomic E-state index is 0.0960. The molecule has 9 heteroatoms. The topological polar surface area (TPSA) is 116 Å². The van der Waals surface area contributed by atoms with E-state index in [-0.39, 0.29) is 31.5 Å². The molecular weight excluding hydrogens is 414 g/mol. The van der Waals surface area contributed by atoms with Crippen LogP contribution in [0.3, 0.4) is 0 Å². The van der Waals surface area contributed by atoms with E-state index in [1.165, 1.54) is 11.9 Å². The number of aliphatic carboxylic acids is 1. The summed E-state index contributed by atoms with van der Waals surface area (Å²) in [4.78, 5) is 50.3. The molecular formula is C23H23N3O6. The first-order valence-electron chi connectivity index (χ1n) is 10.2. The van der Waals surface area contributed by atoms with Crippen LogP contribution in [-0.2, 0) is 19.1 Å². The van der Waals surface area contributed by atoms with Crippen LogP contribution in [0, 0.1) is 0 Å². The fraction of sp³-hybridized carbons (Fsp3) is 0.304. The molecule has 32 heavy (non-hydrogen) atoms. The number of hydrogen-bond donors (Lipinski definition) is 2. The van der Waals surface area contributed by atoms with E-state index in [4.69, 9.17) is 4.74 Å². The fourth-order valence-electron chi connectivity index (χ4n) is 4.21. The molecule has 3 amide bonds. The highest BCUT2D eigenvalue weighted by atomic mass is 16.5. The lowest BCUT2D eigenvalue weighted by molar-refractivity contribution is -0.158. The summed E-state index contributed by atoms with van der Waals surface area (Å²) in [6.45, 7) is -0.820. The van der Waals surface area contributed by atoms with Crippen molar-refractivity contribution in [1.82, 2.24) is 15.1 Å². The number of piperazine rings is 1. The molecule has 1 aliphatic heterocycles. The predicted molar refractivity (Wildman–Crippen MR) is 114 cm³/mol. The van der Waals surface area contributed by atoms with Gasteiger partial charge in [-0.1, -0.05) is 48.5 Å². The number of carbonyl (C=O) groups excluding carboxylic acids is 3. The Hall–Kier alpha value is -3.88. The molecule has 0 aromatic heterocycles. The third-order valence-corrected chi connectivity index (χ3v) is 5.89. The zero-order valence-corrected chi connectivity index (χ0v) is 17.5. The van der Waals surface area contributed by atoms with Crippen molar-refractivity contribution < 1.29 is 29.0 Å². The number of amides is 3. The zero-order chi connectivity index (χ0) is 22.8. The lowest BCUT2D eigenvalue weighted by Gasteiger charge is -2.37. The van der Waals surface area contributed by atoms with Crippen molar-refractivity contribution in [2.75, 3.05) is 33.3 Å². The summed E-state index contributed by atoms with van der Waals surface area (Å²) in [5.41, 5.74) is 4.34. The lowest BCUT2D eigenvalue weighted by Crippen LogP contribution is -2.61. The molecule has 0 bridgehead atoms. The van der Waals surface area contributed by atoms with E-state index < -0.39 is 30.6 Å². The first kappa shape index (κ1) is 21.4. The number of fused-ring (bicyclic) bond motifs is 3. The Morgan fingerprint density at radius 2 is 1.66 bits per heavy atom. The van der Waals surface area contributed by atoms with E-state index in [0.29, 0.717) is 0 Å². The third kappa shape index (κ3) is 4.01. The molecule has 0 spiro atoms. The van der Waals surface area contributed by atoms with Crippen molar-refractivity contribution in [3.63, 3.8) is 0 Å². The summed E-state index contributed by atoms with van der Waals surface area (Å²) in [5, 5.41) is 11.7. The maximum Gasteiger partial charge on any atom is 0.407 e. The van der Waals surface area contributed by atoms with Crippen LogP contribution < -0.4 is 5.32 Å². The van der Waals surface area contributed by atoms with Crippen LogP contribution >= 0.6 is 0 Å². The Balaban J connectivity index is 1.35. The van der Waals surface area contributed by atoms with Gasteiger partial charge in [-0.2, -0.15) is 0 Å². The van der Waals surface area contributed by atoms with Gasteiger partial charge in [0, 0.05) is 13.0 Å². The van der Waals surface area contributed by atoms with Gasteiger partial charge >= 0.3 is 12.1 Å². The first-order valence-corrected chi connectivity index (χ1v) is 10.2. The van der Waals surface area contributed by atoms with E-state index in [1.54, 1.807) is 0 Å². The van der Waals surface area contributed by atoms with Crippen molar-refractivity contribution >= 4 is 23.9 Å². The number of likely N-dealkylation sites (N-methyl/N-ethyl adjacent to an activating group) is 1. The fourth-order valence-corrected chi connectivity index (χ4v) is 4.21. The number of benzene rings is 2. The van der Waals surface area contributed by atoms with Crippen LogP contribution in [0.4, 0.5) is 4.79 Å². The Morgan fingerprint density at radius 3 is 2.25 bits per heavy atom. The van der Waals surface area contributed by atoms with Crippen LogP contribution in [0.2, 0.25) is 0 Å². The van der Waals surface area contributed by atoms with Gasteiger partial charge in [0.1, 0.15) is 25.7 Å². The molecule has 1 aliphatic carbocycles. The number of carbonyl (C=O) groups is 4. The number of nitrogens with one attached hydrogen (secondary N) is 1. The van der Waals surface area contributed by atoms with E-state index in [0.717, 1.165) is 27.2 Å².